The molecule has 23 heavy (non-hydrogen) atoms. The monoisotopic (exact) mass is 328 g/mol. The molecule has 2 heterocycles. The van der Waals surface area contributed by atoms with Crippen LogP contribution in [0.25, 0.3) is 10.9 Å². The second-order valence-corrected chi connectivity index (χ2v) is 7.11. The molecule has 120 valence electrons. The molecule has 1 N–H and O–H groups in total. The van der Waals surface area contributed by atoms with Crippen LogP contribution in [0, 0.1) is 0 Å². The summed E-state index contributed by atoms with van der Waals surface area (Å²) in [6.45, 7) is 7.03. The molecule has 0 saturated carbocycles. The molecule has 5 nitrogen and oxygen atoms in total. The molecule has 2 radical (unpaired) electrons. The summed E-state index contributed by atoms with van der Waals surface area (Å²) in [5, 5.41) is 1.21. The lowest BCUT2D eigenvalue weighted by Crippen LogP contribution is -2.38. The summed E-state index contributed by atoms with van der Waals surface area (Å²) in [5.41, 5.74) is 3.12. The van der Waals surface area contributed by atoms with Crippen molar-refractivity contribution in [1.82, 2.24) is 9.88 Å². The van der Waals surface area contributed by atoms with Crippen molar-refractivity contribution >= 4 is 33.6 Å². The zero-order valence-corrected chi connectivity index (χ0v) is 15.0. The first-order valence-corrected chi connectivity index (χ1v) is 8.32. The predicted octanol–water partition coefficient (Wildman–Crippen LogP) is 2.97. The lowest BCUT2D eigenvalue weighted by molar-refractivity contribution is 0.0258. The summed E-state index contributed by atoms with van der Waals surface area (Å²) >= 11 is 2.26. The van der Waals surface area contributed by atoms with E-state index in [1.54, 1.807) is 4.90 Å². The lowest BCUT2D eigenvalue weighted by atomic mass is 10.1. The van der Waals surface area contributed by atoms with Crippen LogP contribution >= 0.6 is 0 Å². The average Bonchev–Trinajstić information content (AvgIpc) is 2.68. The number of amides is 1. The highest BCUT2D eigenvalue weighted by atomic mass is 27.1. The lowest BCUT2D eigenvalue weighted by Gasteiger charge is -2.26. The number of carbonyl (C=O) groups is 1. The molecule has 1 aromatic carbocycles. The Hall–Kier alpha value is -1.64. The maximum Gasteiger partial charge on any atom is 0.482 e. The fourth-order valence-corrected chi connectivity index (χ4v) is 3.12. The zero-order valence-electron chi connectivity index (χ0n) is 13.8. The van der Waals surface area contributed by atoms with Crippen molar-refractivity contribution in [2.45, 2.75) is 39.2 Å². The highest BCUT2D eigenvalue weighted by Crippen LogP contribution is 2.29. The Morgan fingerprint density at radius 2 is 2.00 bits per heavy atom. The first-order chi connectivity index (χ1) is 10.9. The van der Waals surface area contributed by atoms with Crippen molar-refractivity contribution in [1.29, 1.82) is 0 Å². The Bertz CT molecular complexity index is 733. The predicted molar refractivity (Wildman–Crippen MR) is 89.9 cm³/mol. The molecule has 0 aliphatic carbocycles. The number of aromatic amines is 1. The Balaban J connectivity index is 1.80. The fraction of sp³-hybridized carbons (Fsp3) is 0.471. The summed E-state index contributed by atoms with van der Waals surface area (Å²) in [6, 6.07) is 6.04. The van der Waals surface area contributed by atoms with Gasteiger partial charge >= 0.3 is 22.7 Å². The molecule has 0 atom stereocenters. The van der Waals surface area contributed by atoms with Gasteiger partial charge in [-0.2, -0.15) is 0 Å². The topological polar surface area (TPSA) is 54.6 Å². The molecule has 0 spiro atoms. The van der Waals surface area contributed by atoms with Crippen molar-refractivity contribution < 1.29 is 13.3 Å². The van der Waals surface area contributed by atoms with Crippen molar-refractivity contribution in [3.05, 3.63) is 29.5 Å². The third-order valence-electron chi connectivity index (χ3n) is 4.02. The molecular weight excluding hydrogens is 307 g/mol. The molecule has 0 fully saturated rings. The van der Waals surface area contributed by atoms with E-state index in [0.717, 1.165) is 24.1 Å². The quantitative estimate of drug-likeness (QED) is 0.819. The average molecular weight is 328 g/mol. The third-order valence-corrected chi connectivity index (χ3v) is 4.29. The normalized spacial score (nSPS) is 15.2. The van der Waals surface area contributed by atoms with Crippen LogP contribution in [-0.4, -0.2) is 51.3 Å². The van der Waals surface area contributed by atoms with Gasteiger partial charge in [0.05, 0.1) is 5.75 Å². The van der Waals surface area contributed by atoms with Crippen LogP contribution in [0.2, 0.25) is 0 Å². The molecule has 0 bridgehead atoms. The molecule has 0 saturated heterocycles. The molecule has 1 aliphatic rings. The molecule has 1 aromatic heterocycles. The number of aromatic nitrogens is 1. The number of ether oxygens (including phenoxy) is 1. The second kappa shape index (κ2) is 6.10. The van der Waals surface area contributed by atoms with Crippen LogP contribution in [0.4, 0.5) is 4.79 Å². The first kappa shape index (κ1) is 16.2. The number of hydrogen-bond acceptors (Lipinski definition) is 3. The molecule has 3 rings (SSSR count). The minimum atomic E-state index is -0.459. The van der Waals surface area contributed by atoms with E-state index in [9.17, 15) is 4.79 Å². The van der Waals surface area contributed by atoms with Crippen molar-refractivity contribution in [2.75, 3.05) is 13.1 Å². The van der Waals surface area contributed by atoms with Crippen molar-refractivity contribution in [3.63, 3.8) is 0 Å². The van der Waals surface area contributed by atoms with Gasteiger partial charge in [0, 0.05) is 42.2 Å². The van der Waals surface area contributed by atoms with Gasteiger partial charge in [-0.15, -0.1) is 0 Å². The molecule has 1 aliphatic heterocycles. The van der Waals surface area contributed by atoms with Crippen LogP contribution in [0.5, 0.6) is 5.75 Å². The van der Waals surface area contributed by atoms with Gasteiger partial charge in [-0.3, -0.25) is 0 Å². The minimum absolute atomic E-state index is 0.231. The summed E-state index contributed by atoms with van der Waals surface area (Å²) in [4.78, 5) is 17.5. The number of hydrogen-bond donors (Lipinski definition) is 1. The standard InChI is InChI=1S/C17H22N2O3.Al/c1-17(2,3)22-16(21)19-8-6-13-12-5-4-11(20)10-15(12)18-14(13)7-9-19;/h4-5,10,18,20H,6-9H2,1-3H3;/q;+1/p-1. The summed E-state index contributed by atoms with van der Waals surface area (Å²) in [5.74, 6) is 0.814. The number of carbonyl (C=O) groups excluding carboxylic acids is 1. The van der Waals surface area contributed by atoms with E-state index in [1.165, 1.54) is 16.6 Å². The van der Waals surface area contributed by atoms with Crippen molar-refractivity contribution in [3.8, 4) is 5.75 Å². The maximum atomic E-state index is 12.3. The second-order valence-electron chi connectivity index (χ2n) is 6.87. The van der Waals surface area contributed by atoms with Gasteiger partial charge in [0.25, 0.3) is 0 Å². The fourth-order valence-electron chi connectivity index (χ4n) is 2.98. The van der Waals surface area contributed by atoms with Crippen LogP contribution in [0.15, 0.2) is 18.2 Å². The highest BCUT2D eigenvalue weighted by Gasteiger charge is 2.25. The number of nitrogens with one attached hydrogen (secondary N) is 1. The van der Waals surface area contributed by atoms with Crippen LogP contribution in [-0.2, 0) is 17.6 Å². The Labute approximate surface area is 144 Å². The third kappa shape index (κ3) is 3.49. The van der Waals surface area contributed by atoms with E-state index >= 15 is 0 Å². The van der Waals surface area contributed by atoms with Gasteiger partial charge in [-0.05, 0) is 44.9 Å². The number of rotatable bonds is 1. The molecule has 6 heteroatoms. The number of benzene rings is 1. The number of nitrogens with zero attached hydrogens (tertiary/aromatic N) is 1. The SMILES string of the molecule is CC(C)(C)OC(=O)N1CCc2[nH]c3cc([O][Al])ccc3c2CC1. The Kier molecular flexibility index (Phi) is 4.31. The van der Waals surface area contributed by atoms with E-state index in [4.69, 9.17) is 8.53 Å². The smallest absolute Gasteiger partial charge is 0.482 e. The van der Waals surface area contributed by atoms with Gasteiger partial charge in [0.1, 0.15) is 5.60 Å². The summed E-state index contributed by atoms with van der Waals surface area (Å²) in [6.07, 6.45) is 1.40. The van der Waals surface area contributed by atoms with E-state index in [-0.39, 0.29) is 6.09 Å². The van der Waals surface area contributed by atoms with Crippen LogP contribution in [0.3, 0.4) is 0 Å². The summed E-state index contributed by atoms with van der Waals surface area (Å²) in [7, 11) is 0. The van der Waals surface area contributed by atoms with E-state index < -0.39 is 5.60 Å². The summed E-state index contributed by atoms with van der Waals surface area (Å²) < 4.78 is 10.7. The largest absolute Gasteiger partial charge is 0.654 e. The Morgan fingerprint density at radius 1 is 1.26 bits per heavy atom. The van der Waals surface area contributed by atoms with Gasteiger partial charge < -0.3 is 18.4 Å². The van der Waals surface area contributed by atoms with Gasteiger partial charge in [-0.1, -0.05) is 0 Å². The Morgan fingerprint density at radius 3 is 2.70 bits per heavy atom. The molecule has 2 aromatic rings. The molecular formula is C17H21AlN2O3. The number of fused-ring (bicyclic) bond motifs is 3. The van der Waals surface area contributed by atoms with E-state index in [0.29, 0.717) is 13.1 Å². The van der Waals surface area contributed by atoms with Crippen molar-refractivity contribution in [2.24, 2.45) is 0 Å². The van der Waals surface area contributed by atoms with Crippen LogP contribution < -0.4 is 3.79 Å². The highest BCUT2D eigenvalue weighted by molar-refractivity contribution is 6.00. The van der Waals surface area contributed by atoms with E-state index in [1.807, 2.05) is 32.9 Å². The minimum Gasteiger partial charge on any atom is -0.654 e. The van der Waals surface area contributed by atoms with Gasteiger partial charge in [0.15, 0.2) is 0 Å². The van der Waals surface area contributed by atoms with Crippen LogP contribution in [0.1, 0.15) is 32.0 Å². The van der Waals surface area contributed by atoms with Gasteiger partial charge in [0.2, 0.25) is 0 Å². The molecule has 1 amide bonds. The molecule has 0 unspecified atom stereocenters. The number of H-pyrrole nitrogens is 1. The first-order valence-electron chi connectivity index (χ1n) is 7.85. The van der Waals surface area contributed by atoms with E-state index in [2.05, 4.69) is 27.7 Å². The van der Waals surface area contributed by atoms with Gasteiger partial charge in [-0.25, -0.2) is 4.79 Å². The maximum absolute atomic E-state index is 12.3. The zero-order chi connectivity index (χ0) is 16.6.